The lowest BCUT2D eigenvalue weighted by atomic mass is 10.1. The summed E-state index contributed by atoms with van der Waals surface area (Å²) in [5, 5.41) is 0. The van der Waals surface area contributed by atoms with Gasteiger partial charge in [-0.3, -0.25) is 9.78 Å². The van der Waals surface area contributed by atoms with Crippen molar-refractivity contribution in [3.8, 4) is 0 Å². The third-order valence-corrected chi connectivity index (χ3v) is 3.62. The van der Waals surface area contributed by atoms with Crippen molar-refractivity contribution in [2.45, 2.75) is 6.04 Å². The monoisotopic (exact) mass is 271 g/mol. The molecule has 0 aromatic carbocycles. The van der Waals surface area contributed by atoms with Crippen molar-refractivity contribution >= 4 is 5.91 Å². The van der Waals surface area contributed by atoms with Crippen LogP contribution in [0.3, 0.4) is 0 Å². The summed E-state index contributed by atoms with van der Waals surface area (Å²) in [7, 11) is 1.98. The van der Waals surface area contributed by atoms with E-state index in [0.717, 1.165) is 5.69 Å². The third kappa shape index (κ3) is 2.32. The Balaban J connectivity index is 1.90. The standard InChI is InChI=1S/C15H17N3O2/c1-17-7-3-5-13(17)14-11-20-9-8-18(14)15(19)12-4-2-6-16-10-12/h2-7,10,14H,8-9,11H2,1H3/t14-/m1/s1. The first-order valence-corrected chi connectivity index (χ1v) is 6.67. The molecule has 0 saturated carbocycles. The Hall–Kier alpha value is -2.14. The van der Waals surface area contributed by atoms with Gasteiger partial charge in [0.05, 0.1) is 24.8 Å². The minimum Gasteiger partial charge on any atom is -0.377 e. The quantitative estimate of drug-likeness (QED) is 0.834. The lowest BCUT2D eigenvalue weighted by Crippen LogP contribution is -2.44. The van der Waals surface area contributed by atoms with Crippen molar-refractivity contribution < 1.29 is 9.53 Å². The number of ether oxygens (including phenoxy) is 1. The number of carbonyl (C=O) groups is 1. The van der Waals surface area contributed by atoms with Gasteiger partial charge in [0.15, 0.2) is 0 Å². The third-order valence-electron chi connectivity index (χ3n) is 3.62. The number of morpholine rings is 1. The highest BCUT2D eigenvalue weighted by Crippen LogP contribution is 2.25. The first-order valence-electron chi connectivity index (χ1n) is 6.67. The van der Waals surface area contributed by atoms with Crippen molar-refractivity contribution in [3.63, 3.8) is 0 Å². The summed E-state index contributed by atoms with van der Waals surface area (Å²) < 4.78 is 7.58. The van der Waals surface area contributed by atoms with E-state index in [1.54, 1.807) is 24.5 Å². The molecule has 0 spiro atoms. The van der Waals surface area contributed by atoms with Crippen LogP contribution in [0, 0.1) is 0 Å². The van der Waals surface area contributed by atoms with E-state index >= 15 is 0 Å². The minimum absolute atomic E-state index is 0.00704. The molecule has 1 fully saturated rings. The Morgan fingerprint density at radius 2 is 2.30 bits per heavy atom. The van der Waals surface area contributed by atoms with Crippen LogP contribution >= 0.6 is 0 Å². The molecule has 0 aliphatic carbocycles. The van der Waals surface area contributed by atoms with Gasteiger partial charge in [-0.1, -0.05) is 0 Å². The molecule has 3 heterocycles. The molecule has 104 valence electrons. The van der Waals surface area contributed by atoms with Gasteiger partial charge in [-0.2, -0.15) is 0 Å². The fourth-order valence-electron chi connectivity index (χ4n) is 2.57. The number of aryl methyl sites for hydroxylation is 1. The Morgan fingerprint density at radius 1 is 1.40 bits per heavy atom. The average Bonchev–Trinajstić information content (AvgIpc) is 2.93. The number of amides is 1. The van der Waals surface area contributed by atoms with Gasteiger partial charge < -0.3 is 14.2 Å². The molecular weight excluding hydrogens is 254 g/mol. The van der Waals surface area contributed by atoms with Gasteiger partial charge in [-0.05, 0) is 24.3 Å². The molecule has 0 radical (unpaired) electrons. The van der Waals surface area contributed by atoms with Crippen LogP contribution in [0.4, 0.5) is 0 Å². The Labute approximate surface area is 117 Å². The summed E-state index contributed by atoms with van der Waals surface area (Å²) >= 11 is 0. The molecule has 1 aliphatic heterocycles. The molecule has 2 aromatic rings. The summed E-state index contributed by atoms with van der Waals surface area (Å²) in [4.78, 5) is 18.5. The van der Waals surface area contributed by atoms with E-state index in [4.69, 9.17) is 4.74 Å². The van der Waals surface area contributed by atoms with Crippen LogP contribution in [-0.4, -0.2) is 40.1 Å². The fourth-order valence-corrected chi connectivity index (χ4v) is 2.57. The van der Waals surface area contributed by atoms with E-state index in [2.05, 4.69) is 4.98 Å². The molecule has 2 aromatic heterocycles. The lowest BCUT2D eigenvalue weighted by molar-refractivity contribution is -0.00465. The highest BCUT2D eigenvalue weighted by atomic mass is 16.5. The van der Waals surface area contributed by atoms with Gasteiger partial charge in [-0.15, -0.1) is 0 Å². The second-order valence-electron chi connectivity index (χ2n) is 4.87. The van der Waals surface area contributed by atoms with Crippen molar-refractivity contribution in [3.05, 3.63) is 54.1 Å². The predicted octanol–water partition coefficient (Wildman–Crippen LogP) is 1.63. The Kier molecular flexibility index (Phi) is 3.52. The summed E-state index contributed by atoms with van der Waals surface area (Å²) in [6, 6.07) is 7.55. The lowest BCUT2D eigenvalue weighted by Gasteiger charge is -2.36. The maximum Gasteiger partial charge on any atom is 0.256 e. The number of carbonyl (C=O) groups excluding carboxylic acids is 1. The predicted molar refractivity (Wildman–Crippen MR) is 74.2 cm³/mol. The number of aromatic nitrogens is 2. The molecule has 1 atom stereocenters. The number of pyridine rings is 1. The van der Waals surface area contributed by atoms with Gasteiger partial charge in [0.1, 0.15) is 0 Å². The molecule has 20 heavy (non-hydrogen) atoms. The molecule has 0 unspecified atom stereocenters. The molecule has 1 saturated heterocycles. The second-order valence-corrected chi connectivity index (χ2v) is 4.87. The zero-order chi connectivity index (χ0) is 13.9. The normalized spacial score (nSPS) is 19.1. The molecule has 1 aliphatic rings. The zero-order valence-electron chi connectivity index (χ0n) is 11.4. The zero-order valence-corrected chi connectivity index (χ0v) is 11.4. The number of nitrogens with zero attached hydrogens (tertiary/aromatic N) is 3. The van der Waals surface area contributed by atoms with E-state index < -0.39 is 0 Å². The average molecular weight is 271 g/mol. The Bertz CT molecular complexity index is 594. The fraction of sp³-hybridized carbons (Fsp3) is 0.333. The summed E-state index contributed by atoms with van der Waals surface area (Å²) in [5.41, 5.74) is 1.70. The Morgan fingerprint density at radius 3 is 3.00 bits per heavy atom. The van der Waals surface area contributed by atoms with Crippen LogP contribution in [-0.2, 0) is 11.8 Å². The van der Waals surface area contributed by atoms with Gasteiger partial charge in [0.2, 0.25) is 0 Å². The van der Waals surface area contributed by atoms with Crippen LogP contribution in [0.5, 0.6) is 0 Å². The van der Waals surface area contributed by atoms with Crippen LogP contribution in [0.25, 0.3) is 0 Å². The first kappa shape index (κ1) is 12.9. The van der Waals surface area contributed by atoms with Crippen molar-refractivity contribution in [2.75, 3.05) is 19.8 Å². The highest BCUT2D eigenvalue weighted by Gasteiger charge is 2.30. The van der Waals surface area contributed by atoms with Crippen molar-refractivity contribution in [1.82, 2.24) is 14.5 Å². The smallest absolute Gasteiger partial charge is 0.256 e. The van der Waals surface area contributed by atoms with E-state index in [-0.39, 0.29) is 11.9 Å². The molecule has 0 bridgehead atoms. The number of hydrogen-bond donors (Lipinski definition) is 0. The van der Waals surface area contributed by atoms with E-state index in [1.165, 1.54) is 0 Å². The molecule has 1 amide bonds. The molecular formula is C15H17N3O2. The number of rotatable bonds is 2. The molecule has 0 N–H and O–H groups in total. The van der Waals surface area contributed by atoms with E-state index in [1.807, 2.05) is 34.8 Å². The maximum absolute atomic E-state index is 12.6. The number of hydrogen-bond acceptors (Lipinski definition) is 3. The van der Waals surface area contributed by atoms with E-state index in [0.29, 0.717) is 25.3 Å². The van der Waals surface area contributed by atoms with Crippen LogP contribution in [0.15, 0.2) is 42.9 Å². The van der Waals surface area contributed by atoms with Gasteiger partial charge in [0.25, 0.3) is 5.91 Å². The van der Waals surface area contributed by atoms with Crippen molar-refractivity contribution in [2.24, 2.45) is 7.05 Å². The second kappa shape index (κ2) is 5.46. The molecule has 3 rings (SSSR count). The summed E-state index contributed by atoms with van der Waals surface area (Å²) in [6.45, 7) is 1.71. The summed E-state index contributed by atoms with van der Waals surface area (Å²) in [6.07, 6.45) is 5.27. The SMILES string of the molecule is Cn1cccc1[C@H]1COCCN1C(=O)c1cccnc1. The van der Waals surface area contributed by atoms with Crippen LogP contribution in [0.1, 0.15) is 22.1 Å². The maximum atomic E-state index is 12.6. The van der Waals surface area contributed by atoms with Gasteiger partial charge in [-0.25, -0.2) is 0 Å². The first-order chi connectivity index (χ1) is 9.77. The van der Waals surface area contributed by atoms with Crippen LogP contribution < -0.4 is 0 Å². The van der Waals surface area contributed by atoms with Crippen molar-refractivity contribution in [1.29, 1.82) is 0 Å². The molecule has 5 heteroatoms. The highest BCUT2D eigenvalue weighted by molar-refractivity contribution is 5.94. The largest absolute Gasteiger partial charge is 0.377 e. The van der Waals surface area contributed by atoms with Gasteiger partial charge in [0, 0.05) is 37.9 Å². The molecule has 5 nitrogen and oxygen atoms in total. The topological polar surface area (TPSA) is 47.4 Å². The van der Waals surface area contributed by atoms with Gasteiger partial charge >= 0.3 is 0 Å². The van der Waals surface area contributed by atoms with E-state index in [9.17, 15) is 4.79 Å². The summed E-state index contributed by atoms with van der Waals surface area (Å²) in [5.74, 6) is 0.00704. The van der Waals surface area contributed by atoms with Crippen LogP contribution in [0.2, 0.25) is 0 Å². The minimum atomic E-state index is -0.0449.